The van der Waals surface area contributed by atoms with E-state index in [1.165, 1.54) is 23.3 Å². The van der Waals surface area contributed by atoms with Crippen LogP contribution >= 0.6 is 0 Å². The van der Waals surface area contributed by atoms with E-state index in [1.807, 2.05) is 12.1 Å². The first-order chi connectivity index (χ1) is 16.3. The number of ether oxygens (including phenoxy) is 3. The van der Waals surface area contributed by atoms with Gasteiger partial charge in [-0.2, -0.15) is 0 Å². The molecule has 184 valence electrons. The number of sulfone groups is 1. The second kappa shape index (κ2) is 11.5. The van der Waals surface area contributed by atoms with Crippen molar-refractivity contribution in [2.24, 2.45) is 5.73 Å². The van der Waals surface area contributed by atoms with Crippen molar-refractivity contribution in [3.05, 3.63) is 60.2 Å². The van der Waals surface area contributed by atoms with Gasteiger partial charge in [0.15, 0.2) is 14.6 Å². The first-order valence-corrected chi connectivity index (χ1v) is 13.0. The smallest absolute Gasteiger partial charge is 0.239 e. The molecule has 7 nitrogen and oxygen atoms in total. The molecule has 1 aliphatic heterocycles. The van der Waals surface area contributed by atoms with E-state index in [1.54, 1.807) is 19.2 Å². The third-order valence-corrected chi connectivity index (χ3v) is 8.78. The molecule has 1 aliphatic rings. The number of methoxy groups -OCH3 is 1. The highest BCUT2D eigenvalue weighted by Crippen LogP contribution is 2.35. The van der Waals surface area contributed by atoms with Gasteiger partial charge in [0.05, 0.1) is 18.6 Å². The van der Waals surface area contributed by atoms with Gasteiger partial charge in [-0.25, -0.2) is 8.42 Å². The third-order valence-electron chi connectivity index (χ3n) is 6.25. The average molecular weight is 488 g/mol. The maximum atomic E-state index is 13.2. The molecular weight excluding hydrogens is 454 g/mol. The SMILES string of the molecule is CC/C(=C\CCCOc1ccc(S(=O)(=O)C2(C(N)=O)CCOCC2)cc1)c1ccc(OC)cc1. The van der Waals surface area contributed by atoms with Gasteiger partial charge in [0.2, 0.25) is 5.91 Å². The lowest BCUT2D eigenvalue weighted by atomic mass is 9.98. The van der Waals surface area contributed by atoms with Crippen molar-refractivity contribution in [2.45, 2.75) is 48.7 Å². The topological polar surface area (TPSA) is 105 Å². The molecule has 1 fully saturated rings. The highest BCUT2D eigenvalue weighted by atomic mass is 32.2. The van der Waals surface area contributed by atoms with Gasteiger partial charge in [0, 0.05) is 13.2 Å². The minimum absolute atomic E-state index is 0.0622. The van der Waals surface area contributed by atoms with E-state index in [9.17, 15) is 13.2 Å². The van der Waals surface area contributed by atoms with Gasteiger partial charge in [-0.1, -0.05) is 25.1 Å². The van der Waals surface area contributed by atoms with Gasteiger partial charge in [-0.3, -0.25) is 4.79 Å². The first kappa shape index (κ1) is 25.8. The number of benzene rings is 2. The molecule has 1 heterocycles. The Morgan fingerprint density at radius 1 is 1.06 bits per heavy atom. The highest BCUT2D eigenvalue weighted by molar-refractivity contribution is 7.93. The normalized spacial score (nSPS) is 16.1. The zero-order chi connectivity index (χ0) is 24.6. The summed E-state index contributed by atoms with van der Waals surface area (Å²) in [5.41, 5.74) is 7.97. The maximum Gasteiger partial charge on any atom is 0.239 e. The van der Waals surface area contributed by atoms with E-state index in [4.69, 9.17) is 19.9 Å². The van der Waals surface area contributed by atoms with Crippen molar-refractivity contribution < 1.29 is 27.4 Å². The van der Waals surface area contributed by atoms with Crippen LogP contribution in [0.1, 0.15) is 44.6 Å². The van der Waals surface area contributed by atoms with E-state index < -0.39 is 20.5 Å². The fourth-order valence-corrected chi connectivity index (χ4v) is 6.02. The summed E-state index contributed by atoms with van der Waals surface area (Å²) in [7, 11) is -2.28. The van der Waals surface area contributed by atoms with Gasteiger partial charge in [-0.15, -0.1) is 0 Å². The largest absolute Gasteiger partial charge is 0.497 e. The Labute approximate surface area is 201 Å². The molecule has 0 aliphatic carbocycles. The second-order valence-corrected chi connectivity index (χ2v) is 10.5. The number of carbonyl (C=O) groups is 1. The number of hydrogen-bond donors (Lipinski definition) is 1. The van der Waals surface area contributed by atoms with Gasteiger partial charge in [0.1, 0.15) is 11.5 Å². The van der Waals surface area contributed by atoms with E-state index in [0.717, 1.165) is 25.0 Å². The molecule has 2 aromatic carbocycles. The fourth-order valence-electron chi connectivity index (χ4n) is 4.11. The summed E-state index contributed by atoms with van der Waals surface area (Å²) in [5.74, 6) is 0.586. The summed E-state index contributed by atoms with van der Waals surface area (Å²) in [5, 5.41) is 0. The molecule has 0 atom stereocenters. The quantitative estimate of drug-likeness (QED) is 0.477. The van der Waals surface area contributed by atoms with Gasteiger partial charge in [-0.05, 0) is 79.6 Å². The number of unbranched alkanes of at least 4 members (excludes halogenated alkanes) is 1. The molecule has 0 bridgehead atoms. The van der Waals surface area contributed by atoms with Crippen LogP contribution in [0.25, 0.3) is 5.57 Å². The van der Waals surface area contributed by atoms with Gasteiger partial charge >= 0.3 is 0 Å². The Balaban J connectivity index is 1.56. The number of allylic oxidation sites excluding steroid dienone is 2. The number of primary amides is 1. The highest BCUT2D eigenvalue weighted by Gasteiger charge is 2.51. The van der Waals surface area contributed by atoms with Crippen LogP contribution in [0.15, 0.2) is 59.5 Å². The molecule has 1 amide bonds. The van der Waals surface area contributed by atoms with Crippen LogP contribution in [0, 0.1) is 0 Å². The Morgan fingerprint density at radius 3 is 2.24 bits per heavy atom. The van der Waals surface area contributed by atoms with E-state index in [2.05, 4.69) is 25.1 Å². The molecule has 8 heteroatoms. The van der Waals surface area contributed by atoms with E-state index in [0.29, 0.717) is 12.4 Å². The van der Waals surface area contributed by atoms with Crippen molar-refractivity contribution >= 4 is 21.3 Å². The first-order valence-electron chi connectivity index (χ1n) is 11.5. The average Bonchev–Trinajstić information content (AvgIpc) is 2.87. The van der Waals surface area contributed by atoms with Gasteiger partial charge in [0.25, 0.3) is 0 Å². The van der Waals surface area contributed by atoms with Crippen LogP contribution in [-0.2, 0) is 19.4 Å². The van der Waals surface area contributed by atoms with Crippen LogP contribution in [0.4, 0.5) is 0 Å². The molecule has 0 aromatic heterocycles. The molecule has 34 heavy (non-hydrogen) atoms. The summed E-state index contributed by atoms with van der Waals surface area (Å²) in [6.07, 6.45) is 4.97. The molecule has 0 radical (unpaired) electrons. The molecule has 2 N–H and O–H groups in total. The lowest BCUT2D eigenvalue weighted by molar-refractivity contribution is -0.122. The number of carbonyl (C=O) groups excluding carboxylic acids is 1. The third kappa shape index (κ3) is 5.62. The van der Waals surface area contributed by atoms with Crippen molar-refractivity contribution in [1.82, 2.24) is 0 Å². The fraction of sp³-hybridized carbons (Fsp3) is 0.423. The molecule has 0 unspecified atom stereocenters. The number of nitrogens with two attached hydrogens (primary N) is 1. The van der Waals surface area contributed by atoms with Crippen LogP contribution in [0.2, 0.25) is 0 Å². The monoisotopic (exact) mass is 487 g/mol. The summed E-state index contributed by atoms with van der Waals surface area (Å²) in [6.45, 7) is 3.02. The van der Waals surface area contributed by atoms with Crippen LogP contribution in [-0.4, -0.2) is 46.0 Å². The van der Waals surface area contributed by atoms with Crippen LogP contribution in [0.5, 0.6) is 11.5 Å². The van der Waals surface area contributed by atoms with Crippen molar-refractivity contribution in [3.8, 4) is 11.5 Å². The Bertz CT molecular complexity index is 1090. The predicted molar refractivity (Wildman–Crippen MR) is 132 cm³/mol. The molecule has 1 saturated heterocycles. The number of amides is 1. The maximum absolute atomic E-state index is 13.2. The summed E-state index contributed by atoms with van der Waals surface area (Å²) in [4.78, 5) is 12.2. The molecule has 2 aromatic rings. The van der Waals surface area contributed by atoms with Crippen molar-refractivity contribution in [1.29, 1.82) is 0 Å². The summed E-state index contributed by atoms with van der Waals surface area (Å²) < 4.78 is 41.0. The summed E-state index contributed by atoms with van der Waals surface area (Å²) in [6, 6.07) is 14.2. The molecular formula is C26H33NO6S. The summed E-state index contributed by atoms with van der Waals surface area (Å²) >= 11 is 0. The lowest BCUT2D eigenvalue weighted by Gasteiger charge is -2.33. The van der Waals surface area contributed by atoms with Crippen molar-refractivity contribution in [2.75, 3.05) is 26.9 Å². The zero-order valence-corrected chi connectivity index (χ0v) is 20.6. The minimum atomic E-state index is -3.94. The Morgan fingerprint density at radius 2 is 1.68 bits per heavy atom. The number of hydrogen-bond acceptors (Lipinski definition) is 6. The standard InChI is InChI=1S/C26H33NO6S/c1-3-20(21-7-9-22(31-2)10-8-21)6-4-5-17-33-23-11-13-24(14-12-23)34(29,30)26(25(27)28)15-18-32-19-16-26/h6-14H,3-5,15-19H2,1-2H3,(H2,27,28)/b20-6+. The minimum Gasteiger partial charge on any atom is -0.497 e. The molecule has 0 spiro atoms. The predicted octanol–water partition coefficient (Wildman–Crippen LogP) is 4.16. The molecule has 3 rings (SSSR count). The van der Waals surface area contributed by atoms with Crippen LogP contribution in [0.3, 0.4) is 0 Å². The number of rotatable bonds is 11. The van der Waals surface area contributed by atoms with Gasteiger partial charge < -0.3 is 19.9 Å². The molecule has 0 saturated carbocycles. The zero-order valence-electron chi connectivity index (χ0n) is 19.8. The second-order valence-electron chi connectivity index (χ2n) is 8.25. The van der Waals surface area contributed by atoms with E-state index >= 15 is 0 Å². The Kier molecular flexibility index (Phi) is 8.74. The Hall–Kier alpha value is -2.84. The lowest BCUT2D eigenvalue weighted by Crippen LogP contribution is -2.53. The van der Waals surface area contributed by atoms with Crippen molar-refractivity contribution in [3.63, 3.8) is 0 Å². The van der Waals surface area contributed by atoms with E-state index in [-0.39, 0.29) is 31.0 Å². The van der Waals surface area contributed by atoms with Crippen LogP contribution < -0.4 is 15.2 Å².